The Labute approximate surface area is 143 Å². The average Bonchev–Trinajstić information content (AvgIpc) is 3.24. The molecule has 1 amide bonds. The van der Waals surface area contributed by atoms with Gasteiger partial charge >= 0.3 is 0 Å². The number of allylic oxidation sites excluding steroid dienone is 1. The molecule has 1 N–H and O–H groups in total. The third-order valence-corrected chi connectivity index (χ3v) is 6.23. The summed E-state index contributed by atoms with van der Waals surface area (Å²) in [6.07, 6.45) is 2.69. The van der Waals surface area contributed by atoms with Crippen molar-refractivity contribution in [1.82, 2.24) is 5.32 Å². The molecular weight excluding hydrogens is 347 g/mol. The summed E-state index contributed by atoms with van der Waals surface area (Å²) in [5.41, 5.74) is 0.896. The Morgan fingerprint density at radius 2 is 2.16 bits per heavy atom. The summed E-state index contributed by atoms with van der Waals surface area (Å²) >= 11 is 0. The van der Waals surface area contributed by atoms with Crippen LogP contribution in [0.15, 0.2) is 56.5 Å². The minimum Gasteiger partial charge on any atom is -0.467 e. The number of carbonyl (C=O) groups is 1. The van der Waals surface area contributed by atoms with Crippen molar-refractivity contribution in [1.29, 1.82) is 0 Å². The molecule has 4 rings (SSSR count). The fraction of sp³-hybridized carbons (Fsp3) is 0.235. The van der Waals surface area contributed by atoms with Crippen molar-refractivity contribution in [3.05, 3.63) is 58.8 Å². The molecule has 0 radical (unpaired) electrons. The first-order chi connectivity index (χ1) is 12.0. The van der Waals surface area contributed by atoms with Crippen molar-refractivity contribution in [2.45, 2.75) is 24.3 Å². The van der Waals surface area contributed by atoms with Crippen molar-refractivity contribution in [2.75, 3.05) is 11.4 Å². The summed E-state index contributed by atoms with van der Waals surface area (Å²) in [6.45, 7) is 0.673. The van der Waals surface area contributed by atoms with Crippen LogP contribution < -0.4 is 10.2 Å². The fourth-order valence-electron chi connectivity index (χ4n) is 3.28. The highest BCUT2D eigenvalue weighted by atomic mass is 32.2. The van der Waals surface area contributed by atoms with Crippen LogP contribution >= 0.6 is 0 Å². The lowest BCUT2D eigenvalue weighted by molar-refractivity contribution is -0.117. The molecule has 2 aliphatic rings. The number of carbonyl (C=O) groups excluding carboxylic acids is 1. The molecule has 2 aromatic rings. The van der Waals surface area contributed by atoms with Crippen LogP contribution in [-0.4, -0.2) is 20.9 Å². The van der Waals surface area contributed by atoms with E-state index in [-0.39, 0.29) is 16.3 Å². The number of sulfone groups is 1. The summed E-state index contributed by atoms with van der Waals surface area (Å²) < 4.78 is 44.7. The molecule has 1 aromatic carbocycles. The zero-order valence-corrected chi connectivity index (χ0v) is 14.0. The second kappa shape index (κ2) is 5.73. The Morgan fingerprint density at radius 3 is 2.92 bits per heavy atom. The molecule has 3 heterocycles. The second-order valence-electron chi connectivity index (χ2n) is 5.91. The van der Waals surface area contributed by atoms with Crippen LogP contribution in [-0.2, 0) is 21.2 Å². The van der Waals surface area contributed by atoms with Crippen molar-refractivity contribution in [2.24, 2.45) is 0 Å². The van der Waals surface area contributed by atoms with Crippen LogP contribution in [0.4, 0.5) is 10.1 Å². The average molecular weight is 362 g/mol. The maximum absolute atomic E-state index is 13.6. The Hall–Kier alpha value is -2.61. The van der Waals surface area contributed by atoms with E-state index in [0.29, 0.717) is 30.1 Å². The Kier molecular flexibility index (Phi) is 3.64. The molecule has 0 saturated carbocycles. The first-order valence-electron chi connectivity index (χ1n) is 7.84. The van der Waals surface area contributed by atoms with E-state index in [2.05, 4.69) is 5.32 Å². The number of halogens is 1. The maximum atomic E-state index is 13.6. The standard InChI is InChI=1S/C17H15FN2O4S/c18-11-5-6-13-15(9-11)25(22,23)16(14-4-1-7-20(13)14)17(21)19-10-12-3-2-8-24-12/h2-3,5-6,8-9H,1,4,7,10H2,(H,19,21). The van der Waals surface area contributed by atoms with Gasteiger partial charge < -0.3 is 14.6 Å². The molecule has 0 aliphatic carbocycles. The fourth-order valence-corrected chi connectivity index (χ4v) is 5.06. The van der Waals surface area contributed by atoms with Crippen LogP contribution in [0.3, 0.4) is 0 Å². The van der Waals surface area contributed by atoms with E-state index in [1.165, 1.54) is 18.4 Å². The number of furan rings is 1. The molecule has 0 atom stereocenters. The van der Waals surface area contributed by atoms with E-state index in [1.54, 1.807) is 17.0 Å². The van der Waals surface area contributed by atoms with Crippen molar-refractivity contribution < 1.29 is 22.0 Å². The predicted molar refractivity (Wildman–Crippen MR) is 87.7 cm³/mol. The van der Waals surface area contributed by atoms with Crippen LogP contribution in [0.5, 0.6) is 0 Å². The number of nitrogens with zero attached hydrogens (tertiary/aromatic N) is 1. The number of hydrogen-bond acceptors (Lipinski definition) is 5. The Bertz CT molecular complexity index is 980. The number of anilines is 1. The van der Waals surface area contributed by atoms with E-state index >= 15 is 0 Å². The zero-order chi connectivity index (χ0) is 17.6. The SMILES string of the molecule is O=C(NCc1ccco1)C1=C2CCCN2c2ccc(F)cc2S1(=O)=O. The largest absolute Gasteiger partial charge is 0.467 e. The highest BCUT2D eigenvalue weighted by Crippen LogP contribution is 2.43. The molecule has 1 fully saturated rings. The van der Waals surface area contributed by atoms with Gasteiger partial charge in [-0.05, 0) is 43.2 Å². The van der Waals surface area contributed by atoms with Gasteiger partial charge in [-0.3, -0.25) is 4.79 Å². The lowest BCUT2D eigenvalue weighted by Gasteiger charge is -2.29. The molecule has 6 nitrogen and oxygen atoms in total. The van der Waals surface area contributed by atoms with E-state index in [1.807, 2.05) is 0 Å². The molecule has 1 saturated heterocycles. The van der Waals surface area contributed by atoms with Crippen molar-refractivity contribution >= 4 is 21.4 Å². The number of fused-ring (bicyclic) bond motifs is 3. The van der Waals surface area contributed by atoms with Crippen molar-refractivity contribution in [3.63, 3.8) is 0 Å². The molecule has 1 aromatic heterocycles. The van der Waals surface area contributed by atoms with Gasteiger partial charge in [0.1, 0.15) is 11.6 Å². The first-order valence-corrected chi connectivity index (χ1v) is 9.33. The maximum Gasteiger partial charge on any atom is 0.265 e. The van der Waals surface area contributed by atoms with Gasteiger partial charge in [0.05, 0.1) is 23.4 Å². The molecule has 130 valence electrons. The molecule has 0 spiro atoms. The number of hydrogen-bond donors (Lipinski definition) is 1. The van der Waals surface area contributed by atoms with Gasteiger partial charge in [0, 0.05) is 12.2 Å². The van der Waals surface area contributed by atoms with Gasteiger partial charge in [-0.2, -0.15) is 0 Å². The molecular formula is C17H15FN2O4S. The summed E-state index contributed by atoms with van der Waals surface area (Å²) in [6, 6.07) is 7.01. The van der Waals surface area contributed by atoms with Gasteiger partial charge in [-0.25, -0.2) is 12.8 Å². The Morgan fingerprint density at radius 1 is 1.32 bits per heavy atom. The van der Waals surface area contributed by atoms with Gasteiger partial charge in [-0.1, -0.05) is 0 Å². The quantitative estimate of drug-likeness (QED) is 0.907. The predicted octanol–water partition coefficient (Wildman–Crippen LogP) is 2.33. The van der Waals surface area contributed by atoms with Crippen LogP contribution in [0.2, 0.25) is 0 Å². The third-order valence-electron chi connectivity index (χ3n) is 4.36. The summed E-state index contributed by atoms with van der Waals surface area (Å²) in [5, 5.41) is 2.58. The van der Waals surface area contributed by atoms with E-state index in [4.69, 9.17) is 4.42 Å². The number of benzene rings is 1. The molecule has 0 bridgehead atoms. The van der Waals surface area contributed by atoms with Crippen LogP contribution in [0.25, 0.3) is 0 Å². The summed E-state index contributed by atoms with van der Waals surface area (Å²) in [4.78, 5) is 14.0. The van der Waals surface area contributed by atoms with Gasteiger partial charge in [0.25, 0.3) is 5.91 Å². The molecule has 0 unspecified atom stereocenters. The topological polar surface area (TPSA) is 79.6 Å². The number of rotatable bonds is 3. The minimum atomic E-state index is -4.09. The van der Waals surface area contributed by atoms with Gasteiger partial charge in [0.15, 0.2) is 4.91 Å². The molecule has 8 heteroatoms. The number of amides is 1. The monoisotopic (exact) mass is 362 g/mol. The van der Waals surface area contributed by atoms with Crippen LogP contribution in [0.1, 0.15) is 18.6 Å². The lowest BCUT2D eigenvalue weighted by atomic mass is 10.2. The highest BCUT2D eigenvalue weighted by molar-refractivity contribution is 7.96. The third kappa shape index (κ3) is 2.53. The van der Waals surface area contributed by atoms with Gasteiger partial charge in [-0.15, -0.1) is 0 Å². The smallest absolute Gasteiger partial charge is 0.265 e. The number of nitrogens with one attached hydrogen (secondary N) is 1. The molecule has 2 aliphatic heterocycles. The van der Waals surface area contributed by atoms with E-state index in [9.17, 15) is 17.6 Å². The van der Waals surface area contributed by atoms with Crippen LogP contribution in [0, 0.1) is 5.82 Å². The first kappa shape index (κ1) is 15.9. The highest BCUT2D eigenvalue weighted by Gasteiger charge is 2.41. The Balaban J connectivity index is 1.76. The van der Waals surface area contributed by atoms with Crippen molar-refractivity contribution in [3.8, 4) is 0 Å². The minimum absolute atomic E-state index is 0.0775. The second-order valence-corrected chi connectivity index (χ2v) is 7.76. The lowest BCUT2D eigenvalue weighted by Crippen LogP contribution is -2.35. The summed E-state index contributed by atoms with van der Waals surface area (Å²) in [5.74, 6) is -0.838. The molecule has 25 heavy (non-hydrogen) atoms. The van der Waals surface area contributed by atoms with E-state index < -0.39 is 21.6 Å². The van der Waals surface area contributed by atoms with E-state index in [0.717, 1.165) is 12.5 Å². The zero-order valence-electron chi connectivity index (χ0n) is 13.2. The summed E-state index contributed by atoms with van der Waals surface area (Å²) in [7, 11) is -4.09. The van der Waals surface area contributed by atoms with Gasteiger partial charge in [0.2, 0.25) is 9.84 Å². The normalized spacial score (nSPS) is 18.0.